The maximum atomic E-state index is 12.9. The van der Waals surface area contributed by atoms with Crippen LogP contribution in [0.15, 0.2) is 0 Å². The van der Waals surface area contributed by atoms with E-state index in [0.29, 0.717) is 24.0 Å². The van der Waals surface area contributed by atoms with Crippen molar-refractivity contribution >= 4 is 5.91 Å². The summed E-state index contributed by atoms with van der Waals surface area (Å²) >= 11 is 0. The molecule has 3 aliphatic carbocycles. The lowest BCUT2D eigenvalue weighted by Crippen LogP contribution is -2.45. The third-order valence-electron chi connectivity index (χ3n) is 6.76. The fourth-order valence-corrected chi connectivity index (χ4v) is 5.23. The standard InChI is InChI=1S/C19H33NO2/c1-20(17-9-11-18(22-2)12-10-17)19(21)16-8-7-14-5-3-4-6-15(14)13-16/h14-18H,3-13H2,1-2H3. The van der Waals surface area contributed by atoms with Crippen LogP contribution in [0.25, 0.3) is 0 Å². The lowest BCUT2D eigenvalue weighted by atomic mass is 9.67. The van der Waals surface area contributed by atoms with Gasteiger partial charge in [0, 0.05) is 26.1 Å². The minimum atomic E-state index is 0.310. The van der Waals surface area contributed by atoms with E-state index < -0.39 is 0 Å². The van der Waals surface area contributed by atoms with Gasteiger partial charge in [-0.15, -0.1) is 0 Å². The second kappa shape index (κ2) is 7.33. The van der Waals surface area contributed by atoms with Gasteiger partial charge < -0.3 is 9.64 Å². The lowest BCUT2D eigenvalue weighted by Gasteiger charge is -2.41. The van der Waals surface area contributed by atoms with Gasteiger partial charge in [0.05, 0.1) is 6.10 Å². The molecular weight excluding hydrogens is 274 g/mol. The van der Waals surface area contributed by atoms with Gasteiger partial charge >= 0.3 is 0 Å². The Labute approximate surface area is 135 Å². The summed E-state index contributed by atoms with van der Waals surface area (Å²) in [6, 6.07) is 0.447. The Hall–Kier alpha value is -0.570. The molecule has 0 aliphatic heterocycles. The van der Waals surface area contributed by atoms with Crippen LogP contribution in [-0.4, -0.2) is 37.1 Å². The van der Waals surface area contributed by atoms with E-state index in [1.807, 2.05) is 14.2 Å². The van der Waals surface area contributed by atoms with Crippen molar-refractivity contribution < 1.29 is 9.53 Å². The first-order chi connectivity index (χ1) is 10.7. The molecule has 3 aliphatic rings. The summed E-state index contributed by atoms with van der Waals surface area (Å²) in [4.78, 5) is 15.0. The van der Waals surface area contributed by atoms with Crippen molar-refractivity contribution in [2.45, 2.75) is 82.8 Å². The molecule has 0 bridgehead atoms. The molecule has 1 amide bonds. The van der Waals surface area contributed by atoms with Crippen LogP contribution in [0.1, 0.15) is 70.6 Å². The zero-order valence-corrected chi connectivity index (χ0v) is 14.4. The molecule has 0 aromatic rings. The van der Waals surface area contributed by atoms with Crippen molar-refractivity contribution in [3.8, 4) is 0 Å². The van der Waals surface area contributed by atoms with Crippen LogP contribution in [0, 0.1) is 17.8 Å². The highest BCUT2D eigenvalue weighted by atomic mass is 16.5. The molecule has 0 aromatic carbocycles. The number of fused-ring (bicyclic) bond motifs is 1. The van der Waals surface area contributed by atoms with Gasteiger partial charge in [-0.2, -0.15) is 0 Å². The first kappa shape index (κ1) is 16.3. The van der Waals surface area contributed by atoms with Crippen molar-refractivity contribution in [2.75, 3.05) is 14.2 Å². The first-order valence-electron chi connectivity index (χ1n) is 9.48. The third kappa shape index (κ3) is 3.50. The summed E-state index contributed by atoms with van der Waals surface area (Å²) in [5.41, 5.74) is 0. The number of ether oxygens (including phenoxy) is 1. The smallest absolute Gasteiger partial charge is 0.225 e. The molecular formula is C19H33NO2. The summed E-state index contributed by atoms with van der Waals surface area (Å²) in [7, 11) is 3.86. The van der Waals surface area contributed by atoms with E-state index in [0.717, 1.165) is 43.9 Å². The number of hydrogen-bond acceptors (Lipinski definition) is 2. The van der Waals surface area contributed by atoms with Gasteiger partial charge in [-0.05, 0) is 56.8 Å². The SMILES string of the molecule is COC1CCC(N(C)C(=O)C2CCC3CCCCC3C2)CC1. The molecule has 3 saturated carbocycles. The van der Waals surface area contributed by atoms with Crippen molar-refractivity contribution in [3.63, 3.8) is 0 Å². The Morgan fingerprint density at radius 1 is 0.909 bits per heavy atom. The molecule has 3 fully saturated rings. The van der Waals surface area contributed by atoms with E-state index in [2.05, 4.69) is 4.90 Å². The van der Waals surface area contributed by atoms with Gasteiger partial charge in [-0.25, -0.2) is 0 Å². The Morgan fingerprint density at radius 2 is 1.59 bits per heavy atom. The monoisotopic (exact) mass is 307 g/mol. The number of amides is 1. The van der Waals surface area contributed by atoms with Crippen LogP contribution >= 0.6 is 0 Å². The van der Waals surface area contributed by atoms with E-state index in [1.165, 1.54) is 38.5 Å². The Kier molecular flexibility index (Phi) is 5.43. The molecule has 3 atom stereocenters. The molecule has 3 unspecified atom stereocenters. The van der Waals surface area contributed by atoms with Crippen LogP contribution in [0.5, 0.6) is 0 Å². The maximum absolute atomic E-state index is 12.9. The molecule has 126 valence electrons. The fourth-order valence-electron chi connectivity index (χ4n) is 5.23. The van der Waals surface area contributed by atoms with Crippen LogP contribution in [0.4, 0.5) is 0 Å². The first-order valence-corrected chi connectivity index (χ1v) is 9.48. The summed E-state index contributed by atoms with van der Waals surface area (Å²) in [5.74, 6) is 2.52. The van der Waals surface area contributed by atoms with E-state index in [9.17, 15) is 4.79 Å². The Bertz CT molecular complexity index is 376. The average Bonchev–Trinajstić information content (AvgIpc) is 2.60. The topological polar surface area (TPSA) is 29.5 Å². The minimum Gasteiger partial charge on any atom is -0.381 e. The van der Waals surface area contributed by atoms with Gasteiger partial charge in [0.25, 0.3) is 0 Å². The summed E-state index contributed by atoms with van der Waals surface area (Å²) in [5, 5.41) is 0. The zero-order valence-electron chi connectivity index (χ0n) is 14.4. The maximum Gasteiger partial charge on any atom is 0.225 e. The second-order valence-corrected chi connectivity index (χ2v) is 7.93. The van der Waals surface area contributed by atoms with E-state index in [1.54, 1.807) is 0 Å². The van der Waals surface area contributed by atoms with Crippen LogP contribution in [0.3, 0.4) is 0 Å². The zero-order chi connectivity index (χ0) is 15.5. The summed E-state index contributed by atoms with van der Waals surface area (Å²) in [6.07, 6.45) is 14.0. The Morgan fingerprint density at radius 3 is 2.27 bits per heavy atom. The normalized spacial score (nSPS) is 39.1. The number of carbonyl (C=O) groups excluding carboxylic acids is 1. The van der Waals surface area contributed by atoms with Gasteiger partial charge in [0.1, 0.15) is 0 Å². The molecule has 0 radical (unpaired) electrons. The van der Waals surface area contributed by atoms with Crippen LogP contribution in [0.2, 0.25) is 0 Å². The van der Waals surface area contributed by atoms with Gasteiger partial charge in [0.2, 0.25) is 5.91 Å². The van der Waals surface area contributed by atoms with Crippen LogP contribution in [-0.2, 0) is 9.53 Å². The summed E-state index contributed by atoms with van der Waals surface area (Å²) < 4.78 is 5.45. The molecule has 3 heteroatoms. The van der Waals surface area contributed by atoms with E-state index in [4.69, 9.17) is 4.74 Å². The molecule has 0 aromatic heterocycles. The van der Waals surface area contributed by atoms with Crippen molar-refractivity contribution in [1.82, 2.24) is 4.90 Å². The van der Waals surface area contributed by atoms with Crippen molar-refractivity contribution in [2.24, 2.45) is 17.8 Å². The molecule has 3 nitrogen and oxygen atoms in total. The molecule has 0 N–H and O–H groups in total. The van der Waals surface area contributed by atoms with Crippen molar-refractivity contribution in [3.05, 3.63) is 0 Å². The predicted octanol–water partition coefficient (Wildman–Crippen LogP) is 4.01. The molecule has 0 spiro atoms. The largest absolute Gasteiger partial charge is 0.381 e. The van der Waals surface area contributed by atoms with Gasteiger partial charge in [0.15, 0.2) is 0 Å². The molecule has 22 heavy (non-hydrogen) atoms. The van der Waals surface area contributed by atoms with E-state index >= 15 is 0 Å². The van der Waals surface area contributed by atoms with Gasteiger partial charge in [-0.1, -0.05) is 25.7 Å². The number of hydrogen-bond donors (Lipinski definition) is 0. The molecule has 0 saturated heterocycles. The van der Waals surface area contributed by atoms with Crippen LogP contribution < -0.4 is 0 Å². The quantitative estimate of drug-likeness (QED) is 0.788. The highest BCUT2D eigenvalue weighted by Crippen LogP contribution is 2.43. The Balaban J connectivity index is 1.52. The lowest BCUT2D eigenvalue weighted by molar-refractivity contribution is -0.139. The minimum absolute atomic E-state index is 0.310. The van der Waals surface area contributed by atoms with E-state index in [-0.39, 0.29) is 0 Å². The highest BCUT2D eigenvalue weighted by Gasteiger charge is 2.37. The number of methoxy groups -OCH3 is 1. The molecule has 0 heterocycles. The fraction of sp³-hybridized carbons (Fsp3) is 0.947. The number of carbonyl (C=O) groups is 1. The predicted molar refractivity (Wildman–Crippen MR) is 88.6 cm³/mol. The average molecular weight is 307 g/mol. The highest BCUT2D eigenvalue weighted by molar-refractivity contribution is 5.79. The van der Waals surface area contributed by atoms with Crippen molar-refractivity contribution in [1.29, 1.82) is 0 Å². The molecule has 3 rings (SSSR count). The van der Waals surface area contributed by atoms with Gasteiger partial charge in [-0.3, -0.25) is 4.79 Å². The number of rotatable bonds is 3. The third-order valence-corrected chi connectivity index (χ3v) is 6.76. The summed E-state index contributed by atoms with van der Waals surface area (Å²) in [6.45, 7) is 0. The number of nitrogens with zero attached hydrogens (tertiary/aromatic N) is 1. The second-order valence-electron chi connectivity index (χ2n) is 7.93.